The summed E-state index contributed by atoms with van der Waals surface area (Å²) in [6.07, 6.45) is 4.48. The summed E-state index contributed by atoms with van der Waals surface area (Å²) in [5, 5.41) is 5.06. The van der Waals surface area contributed by atoms with Gasteiger partial charge in [0.1, 0.15) is 0 Å². The minimum absolute atomic E-state index is 0.00788. The topological polar surface area (TPSA) is 62.3 Å². The van der Waals surface area contributed by atoms with E-state index < -0.39 is 0 Å². The van der Waals surface area contributed by atoms with Crippen molar-refractivity contribution in [1.29, 1.82) is 0 Å². The van der Waals surface area contributed by atoms with Crippen LogP contribution in [0.5, 0.6) is 0 Å². The fraction of sp³-hybridized carbons (Fsp3) is 0.450. The Hall–Kier alpha value is -2.21. The van der Waals surface area contributed by atoms with Crippen molar-refractivity contribution < 1.29 is 9.59 Å². The summed E-state index contributed by atoms with van der Waals surface area (Å²) in [5.74, 6) is 0.213. The molecule has 5 nitrogen and oxygen atoms in total. The summed E-state index contributed by atoms with van der Waals surface area (Å²) in [4.78, 5) is 32.8. The van der Waals surface area contributed by atoms with Gasteiger partial charge in [0.05, 0.1) is 18.5 Å². The number of pyridine rings is 1. The first kappa shape index (κ1) is 18.6. The largest absolute Gasteiger partial charge is 0.351 e. The van der Waals surface area contributed by atoms with Gasteiger partial charge in [-0.15, -0.1) is 11.3 Å². The first-order valence-corrected chi connectivity index (χ1v) is 9.93. The molecule has 0 bridgehead atoms. The molecule has 26 heavy (non-hydrogen) atoms. The fourth-order valence-corrected chi connectivity index (χ4v) is 4.16. The molecule has 2 amide bonds. The molecule has 3 rings (SSSR count). The number of hydrogen-bond acceptors (Lipinski definition) is 4. The molecule has 1 aliphatic rings. The van der Waals surface area contributed by atoms with Crippen molar-refractivity contribution in [2.45, 2.75) is 39.3 Å². The van der Waals surface area contributed by atoms with E-state index in [-0.39, 0.29) is 23.8 Å². The maximum Gasteiger partial charge on any atom is 0.225 e. The fourth-order valence-electron chi connectivity index (χ4n) is 3.52. The van der Waals surface area contributed by atoms with Gasteiger partial charge in [0.2, 0.25) is 11.8 Å². The van der Waals surface area contributed by atoms with E-state index in [1.54, 1.807) is 23.7 Å². The zero-order chi connectivity index (χ0) is 18.5. The summed E-state index contributed by atoms with van der Waals surface area (Å²) in [7, 11) is 0. The Morgan fingerprint density at radius 1 is 1.38 bits per heavy atom. The van der Waals surface area contributed by atoms with Gasteiger partial charge in [-0.05, 0) is 35.4 Å². The van der Waals surface area contributed by atoms with E-state index in [9.17, 15) is 9.59 Å². The highest BCUT2D eigenvalue weighted by molar-refractivity contribution is 7.09. The van der Waals surface area contributed by atoms with Crippen LogP contribution in [0.1, 0.15) is 43.2 Å². The number of aromatic nitrogens is 1. The molecule has 0 spiro atoms. The molecule has 1 fully saturated rings. The van der Waals surface area contributed by atoms with Crippen LogP contribution in [-0.4, -0.2) is 28.2 Å². The van der Waals surface area contributed by atoms with Crippen molar-refractivity contribution in [1.82, 2.24) is 15.2 Å². The second kappa shape index (κ2) is 8.45. The number of rotatable bonds is 6. The van der Waals surface area contributed by atoms with Gasteiger partial charge >= 0.3 is 0 Å². The van der Waals surface area contributed by atoms with Crippen molar-refractivity contribution in [3.8, 4) is 0 Å². The molecular weight excluding hydrogens is 346 g/mol. The maximum atomic E-state index is 13.0. The third kappa shape index (κ3) is 4.30. The Morgan fingerprint density at radius 2 is 2.23 bits per heavy atom. The van der Waals surface area contributed by atoms with Crippen LogP contribution in [0.4, 0.5) is 0 Å². The molecule has 0 aromatic carbocycles. The maximum absolute atomic E-state index is 13.0. The number of nitrogens with zero attached hydrogens (tertiary/aromatic N) is 2. The van der Waals surface area contributed by atoms with E-state index in [0.29, 0.717) is 31.8 Å². The van der Waals surface area contributed by atoms with E-state index in [2.05, 4.69) is 24.1 Å². The molecule has 6 heteroatoms. The van der Waals surface area contributed by atoms with E-state index in [4.69, 9.17) is 0 Å². The number of carbonyl (C=O) groups is 2. The van der Waals surface area contributed by atoms with Crippen molar-refractivity contribution in [2.24, 2.45) is 11.8 Å². The average molecular weight is 372 g/mol. The Bertz CT molecular complexity index is 731. The van der Waals surface area contributed by atoms with Gasteiger partial charge in [0, 0.05) is 30.2 Å². The van der Waals surface area contributed by atoms with Gasteiger partial charge in [0.25, 0.3) is 0 Å². The van der Waals surface area contributed by atoms with E-state index >= 15 is 0 Å². The number of amides is 2. The van der Waals surface area contributed by atoms with Gasteiger partial charge in [-0.2, -0.15) is 0 Å². The third-order valence-electron chi connectivity index (χ3n) is 4.65. The Kier molecular flexibility index (Phi) is 6.04. The molecule has 1 N–H and O–H groups in total. The van der Waals surface area contributed by atoms with Crippen LogP contribution in [0.25, 0.3) is 0 Å². The highest BCUT2D eigenvalue weighted by Gasteiger charge is 2.40. The van der Waals surface area contributed by atoms with Crippen molar-refractivity contribution in [2.75, 3.05) is 6.54 Å². The van der Waals surface area contributed by atoms with Crippen LogP contribution in [-0.2, 0) is 16.1 Å². The minimum atomic E-state index is -0.254. The van der Waals surface area contributed by atoms with Gasteiger partial charge in [0.15, 0.2) is 0 Å². The zero-order valence-electron chi connectivity index (χ0n) is 15.2. The molecule has 1 aliphatic heterocycles. The lowest BCUT2D eigenvalue weighted by atomic mass is 9.83. The van der Waals surface area contributed by atoms with E-state index in [0.717, 1.165) is 10.4 Å². The Morgan fingerprint density at radius 3 is 2.88 bits per heavy atom. The Labute approximate surface area is 158 Å². The smallest absolute Gasteiger partial charge is 0.225 e. The number of nitrogens with one attached hydrogen (secondary N) is 1. The molecule has 2 atom stereocenters. The minimum Gasteiger partial charge on any atom is -0.351 e. The summed E-state index contributed by atoms with van der Waals surface area (Å²) >= 11 is 1.63. The van der Waals surface area contributed by atoms with Crippen LogP contribution >= 0.6 is 11.3 Å². The third-order valence-corrected chi connectivity index (χ3v) is 5.52. The zero-order valence-corrected chi connectivity index (χ0v) is 16.0. The van der Waals surface area contributed by atoms with Crippen LogP contribution in [0, 0.1) is 11.8 Å². The average Bonchev–Trinajstić information content (AvgIpc) is 3.15. The summed E-state index contributed by atoms with van der Waals surface area (Å²) in [6, 6.07) is 7.56. The lowest BCUT2D eigenvalue weighted by Gasteiger charge is -2.41. The second-order valence-corrected chi connectivity index (χ2v) is 8.15. The summed E-state index contributed by atoms with van der Waals surface area (Å²) in [5.41, 5.74) is 0.928. The van der Waals surface area contributed by atoms with Crippen LogP contribution in [0.15, 0.2) is 42.0 Å². The van der Waals surface area contributed by atoms with Crippen molar-refractivity contribution in [3.63, 3.8) is 0 Å². The first-order chi connectivity index (χ1) is 12.6. The predicted octanol–water partition coefficient (Wildman–Crippen LogP) is 3.40. The van der Waals surface area contributed by atoms with Crippen LogP contribution in [0.3, 0.4) is 0 Å². The van der Waals surface area contributed by atoms with Gasteiger partial charge in [-0.25, -0.2) is 0 Å². The molecule has 0 saturated carbocycles. The molecule has 0 aliphatic carbocycles. The van der Waals surface area contributed by atoms with Gasteiger partial charge in [-0.1, -0.05) is 26.0 Å². The number of likely N-dealkylation sites (tertiary alicyclic amines) is 1. The lowest BCUT2D eigenvalue weighted by Crippen LogP contribution is -2.49. The molecular formula is C20H25N3O2S. The number of thiophene rings is 1. The molecule has 1 saturated heterocycles. The van der Waals surface area contributed by atoms with Crippen LogP contribution < -0.4 is 5.32 Å². The van der Waals surface area contributed by atoms with Crippen molar-refractivity contribution in [3.05, 3.63) is 52.5 Å². The SMILES string of the molecule is CC(C)CN1C(=O)CCC(C(=O)NCc2cccs2)C1c1cccnc1. The van der Waals surface area contributed by atoms with Gasteiger partial charge < -0.3 is 10.2 Å². The highest BCUT2D eigenvalue weighted by atomic mass is 32.1. The summed E-state index contributed by atoms with van der Waals surface area (Å²) < 4.78 is 0. The number of hydrogen-bond donors (Lipinski definition) is 1. The Balaban J connectivity index is 1.83. The monoisotopic (exact) mass is 371 g/mol. The molecule has 3 heterocycles. The highest BCUT2D eigenvalue weighted by Crippen LogP contribution is 2.37. The first-order valence-electron chi connectivity index (χ1n) is 9.05. The van der Waals surface area contributed by atoms with E-state index in [1.807, 2.05) is 34.5 Å². The molecule has 0 radical (unpaired) electrons. The number of carbonyl (C=O) groups excluding carboxylic acids is 2. The van der Waals surface area contributed by atoms with Gasteiger partial charge in [-0.3, -0.25) is 14.6 Å². The second-order valence-electron chi connectivity index (χ2n) is 7.11. The summed E-state index contributed by atoms with van der Waals surface area (Å²) in [6.45, 7) is 5.36. The van der Waals surface area contributed by atoms with E-state index in [1.165, 1.54) is 0 Å². The normalized spacial score (nSPS) is 20.4. The molecule has 2 aromatic rings. The number of piperidine rings is 1. The quantitative estimate of drug-likeness (QED) is 0.847. The lowest BCUT2D eigenvalue weighted by molar-refractivity contribution is -0.144. The predicted molar refractivity (Wildman–Crippen MR) is 102 cm³/mol. The standard InChI is InChI=1S/C20H25N3O2S/c1-14(2)13-23-18(24)8-7-17(19(23)15-5-3-9-21-11-15)20(25)22-12-16-6-4-10-26-16/h3-6,9-11,14,17,19H,7-8,12-13H2,1-2H3,(H,22,25). The molecule has 2 aromatic heterocycles. The molecule has 138 valence electrons. The van der Waals surface area contributed by atoms with Crippen LogP contribution in [0.2, 0.25) is 0 Å². The van der Waals surface area contributed by atoms with Crippen molar-refractivity contribution >= 4 is 23.2 Å². The molecule has 2 unspecified atom stereocenters.